The Bertz CT molecular complexity index is 460. The SMILES string of the molecule is CCOC(=O)CCCC(=O)Oc1cccc(Cl)c1Cl. The van der Waals surface area contributed by atoms with Crippen LogP contribution in [0.1, 0.15) is 26.2 Å². The molecule has 0 aromatic heterocycles. The van der Waals surface area contributed by atoms with Crippen LogP contribution in [0.3, 0.4) is 0 Å². The summed E-state index contributed by atoms with van der Waals surface area (Å²) in [6.45, 7) is 2.06. The number of benzene rings is 1. The highest BCUT2D eigenvalue weighted by molar-refractivity contribution is 6.43. The summed E-state index contributed by atoms with van der Waals surface area (Å²) in [5.74, 6) is -0.570. The van der Waals surface area contributed by atoms with Crippen LogP contribution in [-0.4, -0.2) is 18.5 Å². The van der Waals surface area contributed by atoms with E-state index in [0.717, 1.165) is 0 Å². The van der Waals surface area contributed by atoms with Gasteiger partial charge in [-0.3, -0.25) is 9.59 Å². The molecule has 0 bridgehead atoms. The van der Waals surface area contributed by atoms with Gasteiger partial charge in [0.15, 0.2) is 5.75 Å². The van der Waals surface area contributed by atoms with Crippen molar-refractivity contribution in [3.05, 3.63) is 28.2 Å². The van der Waals surface area contributed by atoms with Gasteiger partial charge < -0.3 is 9.47 Å². The molecule has 0 heterocycles. The van der Waals surface area contributed by atoms with Gasteiger partial charge in [0.2, 0.25) is 0 Å². The molecule has 0 aliphatic heterocycles. The molecule has 4 nitrogen and oxygen atoms in total. The van der Waals surface area contributed by atoms with Gasteiger partial charge in [0.05, 0.1) is 11.6 Å². The minimum atomic E-state index is -0.464. The van der Waals surface area contributed by atoms with E-state index in [2.05, 4.69) is 0 Å². The van der Waals surface area contributed by atoms with Crippen molar-refractivity contribution in [2.24, 2.45) is 0 Å². The minimum absolute atomic E-state index is 0.113. The Labute approximate surface area is 121 Å². The topological polar surface area (TPSA) is 52.6 Å². The lowest BCUT2D eigenvalue weighted by Crippen LogP contribution is -2.10. The summed E-state index contributed by atoms with van der Waals surface area (Å²) in [7, 11) is 0. The van der Waals surface area contributed by atoms with Crippen molar-refractivity contribution < 1.29 is 19.1 Å². The molecular weight excluding hydrogens is 291 g/mol. The highest BCUT2D eigenvalue weighted by atomic mass is 35.5. The van der Waals surface area contributed by atoms with Gasteiger partial charge in [-0.15, -0.1) is 0 Å². The summed E-state index contributed by atoms with van der Waals surface area (Å²) in [6, 6.07) is 4.79. The van der Waals surface area contributed by atoms with Crippen molar-refractivity contribution in [1.29, 1.82) is 0 Å². The third-order valence-electron chi connectivity index (χ3n) is 2.21. The van der Waals surface area contributed by atoms with Gasteiger partial charge in [0, 0.05) is 12.8 Å². The van der Waals surface area contributed by atoms with E-state index in [-0.39, 0.29) is 29.6 Å². The maximum absolute atomic E-state index is 11.5. The van der Waals surface area contributed by atoms with Gasteiger partial charge in [0.1, 0.15) is 5.02 Å². The summed E-state index contributed by atoms with van der Waals surface area (Å²) in [6.07, 6.45) is 0.670. The quantitative estimate of drug-likeness (QED) is 0.595. The van der Waals surface area contributed by atoms with Gasteiger partial charge in [-0.25, -0.2) is 0 Å². The molecule has 0 amide bonds. The Morgan fingerprint density at radius 2 is 1.84 bits per heavy atom. The fraction of sp³-hybridized carbons (Fsp3) is 0.385. The molecule has 104 valence electrons. The molecule has 19 heavy (non-hydrogen) atoms. The van der Waals surface area contributed by atoms with E-state index in [0.29, 0.717) is 18.1 Å². The highest BCUT2D eigenvalue weighted by Gasteiger charge is 2.11. The maximum atomic E-state index is 11.5. The van der Waals surface area contributed by atoms with E-state index in [1.54, 1.807) is 25.1 Å². The number of ether oxygens (including phenoxy) is 2. The van der Waals surface area contributed by atoms with E-state index in [1.807, 2.05) is 0 Å². The summed E-state index contributed by atoms with van der Waals surface area (Å²) in [5, 5.41) is 0.515. The van der Waals surface area contributed by atoms with Crippen LogP contribution in [-0.2, 0) is 14.3 Å². The smallest absolute Gasteiger partial charge is 0.311 e. The molecule has 0 fully saturated rings. The number of carbonyl (C=O) groups excluding carboxylic acids is 2. The number of hydrogen-bond acceptors (Lipinski definition) is 4. The van der Waals surface area contributed by atoms with Crippen LogP contribution in [0.25, 0.3) is 0 Å². The monoisotopic (exact) mass is 304 g/mol. The highest BCUT2D eigenvalue weighted by Crippen LogP contribution is 2.31. The molecule has 0 aliphatic carbocycles. The van der Waals surface area contributed by atoms with E-state index in [1.165, 1.54) is 0 Å². The molecule has 0 unspecified atom stereocenters. The zero-order valence-corrected chi connectivity index (χ0v) is 12.0. The predicted octanol–water partition coefficient (Wildman–Crippen LogP) is 3.63. The van der Waals surface area contributed by atoms with Gasteiger partial charge in [-0.1, -0.05) is 29.3 Å². The molecule has 0 atom stereocenters. The number of halogens is 2. The molecular formula is C13H14Cl2O4. The maximum Gasteiger partial charge on any atom is 0.311 e. The van der Waals surface area contributed by atoms with Gasteiger partial charge in [0.25, 0.3) is 0 Å². The summed E-state index contributed by atoms with van der Waals surface area (Å²) in [4.78, 5) is 22.6. The van der Waals surface area contributed by atoms with Crippen LogP contribution < -0.4 is 4.74 Å². The normalized spacial score (nSPS) is 10.1. The van der Waals surface area contributed by atoms with Gasteiger partial charge in [-0.2, -0.15) is 0 Å². The Morgan fingerprint density at radius 1 is 1.16 bits per heavy atom. The van der Waals surface area contributed by atoms with Crippen molar-refractivity contribution >= 4 is 35.1 Å². The standard InChI is InChI=1S/C13H14Cl2O4/c1-2-18-11(16)7-4-8-12(17)19-10-6-3-5-9(14)13(10)15/h3,5-6H,2,4,7-8H2,1H3. The Kier molecular flexibility index (Phi) is 6.67. The Hall–Kier alpha value is -1.26. The predicted molar refractivity (Wildman–Crippen MR) is 72.6 cm³/mol. The zero-order chi connectivity index (χ0) is 14.3. The molecule has 0 saturated carbocycles. The Morgan fingerprint density at radius 3 is 2.53 bits per heavy atom. The number of carbonyl (C=O) groups is 2. The van der Waals surface area contributed by atoms with Crippen LogP contribution in [0.15, 0.2) is 18.2 Å². The number of hydrogen-bond donors (Lipinski definition) is 0. The molecule has 1 aromatic carbocycles. The van der Waals surface area contributed by atoms with E-state index >= 15 is 0 Å². The van der Waals surface area contributed by atoms with Crippen molar-refractivity contribution in [3.8, 4) is 5.75 Å². The molecule has 0 radical (unpaired) electrons. The summed E-state index contributed by atoms with van der Waals surface area (Å²) < 4.78 is 9.81. The number of esters is 2. The molecule has 1 rings (SSSR count). The van der Waals surface area contributed by atoms with Crippen LogP contribution in [0, 0.1) is 0 Å². The van der Waals surface area contributed by atoms with E-state index < -0.39 is 5.97 Å². The lowest BCUT2D eigenvalue weighted by Gasteiger charge is -2.07. The molecule has 0 N–H and O–H groups in total. The van der Waals surface area contributed by atoms with Gasteiger partial charge in [-0.05, 0) is 25.5 Å². The first kappa shape index (κ1) is 15.8. The van der Waals surface area contributed by atoms with E-state index in [9.17, 15) is 9.59 Å². The molecule has 0 saturated heterocycles. The average molecular weight is 305 g/mol. The molecule has 0 aliphatic rings. The van der Waals surface area contributed by atoms with Crippen LogP contribution in [0.4, 0.5) is 0 Å². The first-order valence-corrected chi connectivity index (χ1v) is 6.60. The first-order chi connectivity index (χ1) is 9.04. The lowest BCUT2D eigenvalue weighted by atomic mass is 10.2. The Balaban J connectivity index is 2.39. The second kappa shape index (κ2) is 8.02. The zero-order valence-electron chi connectivity index (χ0n) is 10.4. The molecule has 1 aromatic rings. The summed E-state index contributed by atoms with van der Waals surface area (Å²) in [5.41, 5.74) is 0. The summed E-state index contributed by atoms with van der Waals surface area (Å²) >= 11 is 11.7. The molecule has 6 heteroatoms. The first-order valence-electron chi connectivity index (χ1n) is 5.85. The van der Waals surface area contributed by atoms with Gasteiger partial charge >= 0.3 is 11.9 Å². The van der Waals surface area contributed by atoms with Crippen LogP contribution in [0.5, 0.6) is 5.75 Å². The minimum Gasteiger partial charge on any atom is -0.466 e. The average Bonchev–Trinajstić information content (AvgIpc) is 2.35. The van der Waals surface area contributed by atoms with Crippen molar-refractivity contribution in [2.45, 2.75) is 26.2 Å². The van der Waals surface area contributed by atoms with Crippen molar-refractivity contribution in [2.75, 3.05) is 6.61 Å². The van der Waals surface area contributed by atoms with Crippen molar-refractivity contribution in [1.82, 2.24) is 0 Å². The van der Waals surface area contributed by atoms with Crippen LogP contribution in [0.2, 0.25) is 10.0 Å². The second-order valence-electron chi connectivity index (χ2n) is 3.68. The van der Waals surface area contributed by atoms with Crippen molar-refractivity contribution in [3.63, 3.8) is 0 Å². The lowest BCUT2D eigenvalue weighted by molar-refractivity contribution is -0.143. The third-order valence-corrected chi connectivity index (χ3v) is 3.01. The van der Waals surface area contributed by atoms with Crippen LogP contribution >= 0.6 is 23.2 Å². The largest absolute Gasteiger partial charge is 0.466 e. The number of rotatable bonds is 6. The fourth-order valence-corrected chi connectivity index (χ4v) is 1.68. The fourth-order valence-electron chi connectivity index (χ4n) is 1.35. The van der Waals surface area contributed by atoms with E-state index in [4.69, 9.17) is 32.7 Å². The third kappa shape index (κ3) is 5.49. The second-order valence-corrected chi connectivity index (χ2v) is 4.47. The molecule has 0 spiro atoms.